The van der Waals surface area contributed by atoms with E-state index in [1.165, 1.54) is 50.6 Å². The molecule has 2 aromatic carbocycles. The van der Waals surface area contributed by atoms with Gasteiger partial charge in [-0.15, -0.1) is 0 Å². The number of anilines is 2. The van der Waals surface area contributed by atoms with E-state index in [4.69, 9.17) is 24.6 Å². The second-order valence-electron chi connectivity index (χ2n) is 7.75. The Kier molecular flexibility index (Phi) is 7.68. The van der Waals surface area contributed by atoms with Crippen molar-refractivity contribution in [1.29, 1.82) is 10.5 Å². The van der Waals surface area contributed by atoms with Gasteiger partial charge >= 0.3 is 0 Å². The van der Waals surface area contributed by atoms with E-state index >= 15 is 0 Å². The zero-order valence-corrected chi connectivity index (χ0v) is 22.5. The van der Waals surface area contributed by atoms with Crippen LogP contribution in [0.5, 0.6) is 23.1 Å². The molecular weight excluding hydrogens is 578 g/mol. The van der Waals surface area contributed by atoms with Crippen molar-refractivity contribution in [1.82, 2.24) is 14.5 Å². The van der Waals surface area contributed by atoms with Crippen molar-refractivity contribution in [3.63, 3.8) is 0 Å². The summed E-state index contributed by atoms with van der Waals surface area (Å²) in [5, 5.41) is 26.7. The first kappa shape index (κ1) is 26.7. The van der Waals surface area contributed by atoms with Gasteiger partial charge in [-0.25, -0.2) is 18.5 Å². The third-order valence-corrected chi connectivity index (χ3v) is 6.84. The Balaban J connectivity index is 1.86. The Morgan fingerprint density at radius 3 is 2.32 bits per heavy atom. The molecule has 0 spiro atoms. The van der Waals surface area contributed by atoms with E-state index in [2.05, 4.69) is 37.3 Å². The molecule has 3 N–H and O–H groups in total. The lowest BCUT2D eigenvalue weighted by atomic mass is 10.2. The van der Waals surface area contributed by atoms with Crippen molar-refractivity contribution in [2.45, 2.75) is 17.9 Å². The summed E-state index contributed by atoms with van der Waals surface area (Å²) in [6, 6.07) is 12.9. The largest absolute Gasteiger partial charge is 0.493 e. The molecule has 38 heavy (non-hydrogen) atoms. The smallest absolute Gasteiger partial charge is 0.249 e. The number of fused-ring (bicyclic) bond motifs is 1. The number of methoxy groups -OCH3 is 2. The van der Waals surface area contributed by atoms with E-state index in [9.17, 15) is 13.7 Å². The van der Waals surface area contributed by atoms with Crippen LogP contribution in [-0.4, -0.2) is 37.2 Å². The molecule has 0 unspecified atom stereocenters. The van der Waals surface area contributed by atoms with Gasteiger partial charge in [0, 0.05) is 30.6 Å². The highest BCUT2D eigenvalue weighted by atomic mass is 79.9. The minimum Gasteiger partial charge on any atom is -0.493 e. The number of sulfonamides is 1. The molecule has 12 nitrogen and oxygen atoms in total. The molecule has 0 aliphatic heterocycles. The van der Waals surface area contributed by atoms with Gasteiger partial charge in [0.1, 0.15) is 11.0 Å². The lowest BCUT2D eigenvalue weighted by Crippen LogP contribution is -2.11. The summed E-state index contributed by atoms with van der Waals surface area (Å²) >= 11 is 3.51. The number of aromatic nitrogens is 3. The fraction of sp³-hybridized carbons (Fsp3) is 0.167. The molecule has 0 aliphatic carbocycles. The van der Waals surface area contributed by atoms with Crippen LogP contribution < -0.4 is 24.7 Å². The average molecular weight is 598 g/mol. The number of halogens is 1. The Bertz CT molecular complexity index is 1680. The highest BCUT2D eigenvalue weighted by molar-refractivity contribution is 9.10. The van der Waals surface area contributed by atoms with Gasteiger partial charge in [-0.3, -0.25) is 0 Å². The summed E-state index contributed by atoms with van der Waals surface area (Å²) < 4.78 is 42.7. The van der Waals surface area contributed by atoms with Crippen molar-refractivity contribution in [3.05, 3.63) is 52.6 Å². The van der Waals surface area contributed by atoms with Gasteiger partial charge in [0.05, 0.1) is 47.7 Å². The van der Waals surface area contributed by atoms with E-state index in [-0.39, 0.29) is 40.4 Å². The van der Waals surface area contributed by atoms with Gasteiger partial charge in [0.15, 0.2) is 11.5 Å². The fourth-order valence-electron chi connectivity index (χ4n) is 3.59. The van der Waals surface area contributed by atoms with Gasteiger partial charge in [-0.05, 0) is 40.2 Å². The lowest BCUT2D eigenvalue weighted by molar-refractivity contribution is 0.342. The highest BCUT2D eigenvalue weighted by Gasteiger charge is 2.22. The van der Waals surface area contributed by atoms with Crippen molar-refractivity contribution < 1.29 is 22.6 Å². The molecule has 0 saturated heterocycles. The number of rotatable bonds is 9. The standard InChI is InChI=1S/C24H20BrN7O5S/c1-35-18-10-14(12-27)11-19(36-2)22(18)37-23-21-20(17(25)13-32(21)9-3-8-26)30-24(31-23)29-15-4-6-16(7-5-15)38(28,33)34/h4-7,10-11,13H,3,9H2,1-2H3,(H2,28,33,34)(H,29,30,31). The quantitative estimate of drug-likeness (QED) is 0.284. The monoisotopic (exact) mass is 597 g/mol. The summed E-state index contributed by atoms with van der Waals surface area (Å²) in [5.41, 5.74) is 1.79. The molecule has 0 bridgehead atoms. The predicted octanol–water partition coefficient (Wildman–Crippen LogP) is 4.18. The summed E-state index contributed by atoms with van der Waals surface area (Å²) in [5.74, 6) is 0.927. The number of aryl methyl sites for hydroxylation is 1. The Morgan fingerprint density at radius 1 is 1.11 bits per heavy atom. The zero-order valence-electron chi connectivity index (χ0n) is 20.1. The Labute approximate surface area is 226 Å². The van der Waals surface area contributed by atoms with E-state index in [0.29, 0.717) is 33.3 Å². The fourth-order valence-corrected chi connectivity index (χ4v) is 4.63. The number of nitrogens with one attached hydrogen (secondary N) is 1. The van der Waals surface area contributed by atoms with E-state index in [0.717, 1.165) is 0 Å². The van der Waals surface area contributed by atoms with Gasteiger partial charge in [0.2, 0.25) is 27.6 Å². The predicted molar refractivity (Wildman–Crippen MR) is 141 cm³/mol. The van der Waals surface area contributed by atoms with Crippen LogP contribution in [0, 0.1) is 22.7 Å². The molecule has 0 fully saturated rings. The Hall–Kier alpha value is -4.37. The third-order valence-electron chi connectivity index (χ3n) is 5.33. The number of ether oxygens (including phenoxy) is 3. The first-order valence-corrected chi connectivity index (χ1v) is 13.2. The van der Waals surface area contributed by atoms with Crippen LogP contribution >= 0.6 is 15.9 Å². The number of nitrogens with zero attached hydrogens (tertiary/aromatic N) is 5. The van der Waals surface area contributed by atoms with Crippen molar-refractivity contribution in [2.75, 3.05) is 19.5 Å². The van der Waals surface area contributed by atoms with Crippen LogP contribution in [0.25, 0.3) is 11.0 Å². The van der Waals surface area contributed by atoms with Gasteiger partial charge in [-0.2, -0.15) is 15.5 Å². The van der Waals surface area contributed by atoms with E-state index in [1.54, 1.807) is 10.8 Å². The summed E-state index contributed by atoms with van der Waals surface area (Å²) in [6.07, 6.45) is 2.00. The highest BCUT2D eigenvalue weighted by Crippen LogP contribution is 2.43. The molecular formula is C24H20BrN7O5S. The van der Waals surface area contributed by atoms with Gasteiger partial charge in [0.25, 0.3) is 0 Å². The van der Waals surface area contributed by atoms with Crippen molar-refractivity contribution in [2.24, 2.45) is 5.14 Å². The van der Waals surface area contributed by atoms with Crippen LogP contribution in [0.4, 0.5) is 11.6 Å². The zero-order chi connectivity index (χ0) is 27.4. The molecule has 0 radical (unpaired) electrons. The molecule has 14 heteroatoms. The van der Waals surface area contributed by atoms with Gasteiger partial charge in [-0.1, -0.05) is 0 Å². The van der Waals surface area contributed by atoms with E-state index in [1.807, 2.05) is 6.07 Å². The number of hydrogen-bond acceptors (Lipinski definition) is 10. The molecule has 4 aromatic rings. The molecule has 0 atom stereocenters. The summed E-state index contributed by atoms with van der Waals surface area (Å²) in [4.78, 5) is 9.09. The van der Waals surface area contributed by atoms with E-state index < -0.39 is 10.0 Å². The SMILES string of the molecule is COc1cc(C#N)cc(OC)c1Oc1nc(Nc2ccc(S(N)(=O)=O)cc2)nc2c(Br)cn(CCC#N)c12. The maximum absolute atomic E-state index is 11.6. The van der Waals surface area contributed by atoms with Gasteiger partial charge < -0.3 is 24.1 Å². The topological polar surface area (TPSA) is 178 Å². The van der Waals surface area contributed by atoms with Crippen LogP contribution in [-0.2, 0) is 16.6 Å². The molecule has 2 heterocycles. The Morgan fingerprint density at radius 2 is 1.76 bits per heavy atom. The van der Waals surface area contributed by atoms with Crippen LogP contribution in [0.15, 0.2) is 52.0 Å². The second-order valence-corrected chi connectivity index (χ2v) is 10.2. The van der Waals surface area contributed by atoms with Crippen LogP contribution in [0.3, 0.4) is 0 Å². The normalized spacial score (nSPS) is 11.0. The molecule has 0 amide bonds. The summed E-state index contributed by atoms with van der Waals surface area (Å²) in [6.45, 7) is 0.349. The first-order chi connectivity index (χ1) is 18.2. The maximum atomic E-state index is 11.6. The number of nitrogens with two attached hydrogens (primary N) is 1. The molecule has 0 aliphatic rings. The molecule has 194 valence electrons. The minimum absolute atomic E-state index is 0.0410. The van der Waals surface area contributed by atoms with Crippen LogP contribution in [0.2, 0.25) is 0 Å². The van der Waals surface area contributed by atoms with Crippen LogP contribution in [0.1, 0.15) is 12.0 Å². The molecule has 4 rings (SSSR count). The van der Waals surface area contributed by atoms with Crippen molar-refractivity contribution >= 4 is 48.6 Å². The second kappa shape index (κ2) is 10.9. The summed E-state index contributed by atoms with van der Waals surface area (Å²) in [7, 11) is -0.980. The van der Waals surface area contributed by atoms with Crippen molar-refractivity contribution in [3.8, 4) is 35.3 Å². The number of nitriles is 2. The number of primary sulfonamides is 1. The minimum atomic E-state index is -3.85. The maximum Gasteiger partial charge on any atom is 0.249 e. The third kappa shape index (κ3) is 5.47. The molecule has 0 saturated carbocycles. The lowest BCUT2D eigenvalue weighted by Gasteiger charge is -2.16. The number of hydrogen-bond donors (Lipinski definition) is 2. The molecule has 2 aromatic heterocycles. The first-order valence-electron chi connectivity index (χ1n) is 10.9. The average Bonchev–Trinajstić information content (AvgIpc) is 3.22. The number of benzene rings is 2.